The van der Waals surface area contributed by atoms with E-state index in [9.17, 15) is 13.2 Å². The molecule has 0 aliphatic heterocycles. The molecule has 0 radical (unpaired) electrons. The van der Waals surface area contributed by atoms with Gasteiger partial charge in [-0.3, -0.25) is 0 Å². The molecule has 1 aliphatic rings. The van der Waals surface area contributed by atoms with Crippen LogP contribution in [0.3, 0.4) is 0 Å². The van der Waals surface area contributed by atoms with E-state index in [0.29, 0.717) is 6.42 Å². The van der Waals surface area contributed by atoms with Crippen molar-refractivity contribution >= 4 is 16.3 Å². The minimum atomic E-state index is -3.89. The van der Waals surface area contributed by atoms with Crippen LogP contribution < -0.4 is 15.2 Å². The maximum Gasteiger partial charge on any atom is 0.421 e. The fraction of sp³-hybridized carbons (Fsp3) is 0.889. The Morgan fingerprint density at radius 1 is 1.53 bits per heavy atom. The van der Waals surface area contributed by atoms with Crippen molar-refractivity contribution in [2.45, 2.75) is 39.3 Å². The lowest BCUT2D eigenvalue weighted by molar-refractivity contribution is 0.0899. The molecule has 8 heteroatoms. The molecular weight excluding hydrogens is 246 g/mol. The predicted molar refractivity (Wildman–Crippen MR) is 62.4 cm³/mol. The van der Waals surface area contributed by atoms with Gasteiger partial charge < -0.3 is 10.5 Å². The summed E-state index contributed by atoms with van der Waals surface area (Å²) in [6, 6.07) is -0.317. The molecule has 7 nitrogen and oxygen atoms in total. The molecule has 0 spiro atoms. The number of rotatable bonds is 4. The lowest BCUT2D eigenvalue weighted by Gasteiger charge is -2.50. The van der Waals surface area contributed by atoms with Gasteiger partial charge in [-0.15, -0.1) is 0 Å². The highest BCUT2D eigenvalue weighted by atomic mass is 32.2. The molecule has 1 saturated carbocycles. The van der Waals surface area contributed by atoms with Crippen molar-refractivity contribution < 1.29 is 17.9 Å². The van der Waals surface area contributed by atoms with Gasteiger partial charge in [-0.1, -0.05) is 13.8 Å². The van der Waals surface area contributed by atoms with Gasteiger partial charge in [-0.2, -0.15) is 13.1 Å². The zero-order chi connectivity index (χ0) is 13.3. The minimum absolute atomic E-state index is 0.0437. The first-order valence-electron chi connectivity index (χ1n) is 5.41. The Morgan fingerprint density at radius 2 is 2.12 bits per heavy atom. The van der Waals surface area contributed by atoms with E-state index in [4.69, 9.17) is 5.73 Å². The van der Waals surface area contributed by atoms with Gasteiger partial charge in [0.15, 0.2) is 0 Å². The molecule has 2 unspecified atom stereocenters. The summed E-state index contributed by atoms with van der Waals surface area (Å²) in [6.45, 7) is 5.45. The quantitative estimate of drug-likeness (QED) is 0.646. The number of nitrogens with one attached hydrogen (secondary N) is 2. The van der Waals surface area contributed by atoms with Crippen LogP contribution in [0.2, 0.25) is 0 Å². The van der Waals surface area contributed by atoms with E-state index >= 15 is 0 Å². The molecule has 0 bridgehead atoms. The smallest absolute Gasteiger partial charge is 0.421 e. The van der Waals surface area contributed by atoms with E-state index in [1.54, 1.807) is 11.6 Å². The Labute approximate surface area is 101 Å². The normalized spacial score (nSPS) is 27.1. The summed E-state index contributed by atoms with van der Waals surface area (Å²) in [7, 11) is -3.89. The van der Waals surface area contributed by atoms with Crippen molar-refractivity contribution in [3.63, 3.8) is 0 Å². The highest BCUT2D eigenvalue weighted by Gasteiger charge is 2.47. The monoisotopic (exact) mass is 265 g/mol. The van der Waals surface area contributed by atoms with Crippen LogP contribution in [-0.2, 0) is 14.9 Å². The van der Waals surface area contributed by atoms with E-state index < -0.39 is 16.3 Å². The molecule has 1 rings (SSSR count). The second-order valence-electron chi connectivity index (χ2n) is 4.66. The van der Waals surface area contributed by atoms with Crippen molar-refractivity contribution in [1.82, 2.24) is 9.44 Å². The van der Waals surface area contributed by atoms with Crippen molar-refractivity contribution in [3.8, 4) is 0 Å². The molecular formula is C9H19N3O4S. The van der Waals surface area contributed by atoms with Crippen molar-refractivity contribution in [2.75, 3.05) is 6.61 Å². The van der Waals surface area contributed by atoms with Gasteiger partial charge in [0, 0.05) is 12.1 Å². The van der Waals surface area contributed by atoms with Gasteiger partial charge in [0.1, 0.15) is 0 Å². The molecule has 0 saturated heterocycles. The second kappa shape index (κ2) is 4.79. The topological polar surface area (TPSA) is 111 Å². The maximum atomic E-state index is 11.5. The standard InChI is InChI=1S/C9H19N3O4S/c1-4-16-8(13)12-17(14,15)11-7-5-6(10)9(7,2)3/h6-7,11H,4-5,10H2,1-3H3,(H,12,13). The summed E-state index contributed by atoms with van der Waals surface area (Å²) in [5.74, 6) is 0. The first-order chi connectivity index (χ1) is 7.69. The lowest BCUT2D eigenvalue weighted by atomic mass is 9.64. The minimum Gasteiger partial charge on any atom is -0.449 e. The third kappa shape index (κ3) is 3.30. The van der Waals surface area contributed by atoms with Gasteiger partial charge in [-0.25, -0.2) is 9.52 Å². The summed E-state index contributed by atoms with van der Waals surface area (Å²) in [5.41, 5.74) is 5.45. The molecule has 17 heavy (non-hydrogen) atoms. The van der Waals surface area contributed by atoms with E-state index in [2.05, 4.69) is 9.46 Å². The van der Waals surface area contributed by atoms with E-state index in [1.807, 2.05) is 13.8 Å². The third-order valence-electron chi connectivity index (χ3n) is 3.13. The first kappa shape index (κ1) is 14.2. The van der Waals surface area contributed by atoms with E-state index in [-0.39, 0.29) is 24.1 Å². The van der Waals surface area contributed by atoms with Gasteiger partial charge >= 0.3 is 16.3 Å². The van der Waals surface area contributed by atoms with Gasteiger partial charge in [0.25, 0.3) is 0 Å². The number of amides is 1. The molecule has 0 aromatic heterocycles. The number of nitrogens with two attached hydrogens (primary N) is 1. The molecule has 100 valence electrons. The van der Waals surface area contributed by atoms with Crippen LogP contribution >= 0.6 is 0 Å². The average Bonchev–Trinajstić information content (AvgIpc) is 2.16. The number of hydrogen-bond donors (Lipinski definition) is 3. The van der Waals surface area contributed by atoms with Crippen molar-refractivity contribution in [1.29, 1.82) is 0 Å². The SMILES string of the molecule is CCOC(=O)NS(=O)(=O)NC1CC(N)C1(C)C. The summed E-state index contributed by atoms with van der Waals surface area (Å²) < 4.78 is 31.7. The average molecular weight is 265 g/mol. The fourth-order valence-corrected chi connectivity index (χ4v) is 2.76. The van der Waals surface area contributed by atoms with E-state index in [1.165, 1.54) is 0 Å². The maximum absolute atomic E-state index is 11.5. The molecule has 1 aliphatic carbocycles. The Hall–Kier alpha value is -0.860. The lowest BCUT2D eigenvalue weighted by Crippen LogP contribution is -2.65. The molecule has 0 heterocycles. The summed E-state index contributed by atoms with van der Waals surface area (Å²) >= 11 is 0. The largest absolute Gasteiger partial charge is 0.449 e. The van der Waals surface area contributed by atoms with Crippen LogP contribution in [0.1, 0.15) is 27.2 Å². The predicted octanol–water partition coefficient (Wildman–Crippen LogP) is -0.307. The highest BCUT2D eigenvalue weighted by molar-refractivity contribution is 7.88. The fourth-order valence-electron chi connectivity index (χ4n) is 1.65. The Morgan fingerprint density at radius 3 is 2.53 bits per heavy atom. The van der Waals surface area contributed by atoms with Crippen LogP contribution in [0.4, 0.5) is 4.79 Å². The zero-order valence-corrected chi connectivity index (χ0v) is 11.0. The number of carbonyl (C=O) groups excluding carboxylic acids is 1. The Balaban J connectivity index is 2.54. The molecule has 1 fully saturated rings. The first-order valence-corrected chi connectivity index (χ1v) is 6.89. The van der Waals surface area contributed by atoms with E-state index in [0.717, 1.165) is 0 Å². The highest BCUT2D eigenvalue weighted by Crippen LogP contribution is 2.39. The molecule has 0 aromatic carbocycles. The van der Waals surface area contributed by atoms with Gasteiger partial charge in [0.2, 0.25) is 0 Å². The van der Waals surface area contributed by atoms with Crippen LogP contribution in [0.5, 0.6) is 0 Å². The second-order valence-corrected chi connectivity index (χ2v) is 6.11. The summed E-state index contributed by atoms with van der Waals surface area (Å²) in [4.78, 5) is 11.0. The summed E-state index contributed by atoms with van der Waals surface area (Å²) in [5, 5.41) is 0. The number of ether oxygens (including phenoxy) is 1. The van der Waals surface area contributed by atoms with Gasteiger partial charge in [0.05, 0.1) is 6.61 Å². The molecule has 0 aromatic rings. The van der Waals surface area contributed by atoms with Crippen LogP contribution in [-0.4, -0.2) is 33.2 Å². The summed E-state index contributed by atoms with van der Waals surface area (Å²) in [6.07, 6.45) is -0.432. The van der Waals surface area contributed by atoms with Crippen LogP contribution in [0, 0.1) is 5.41 Å². The number of carbonyl (C=O) groups is 1. The Kier molecular flexibility index (Phi) is 4.00. The zero-order valence-electron chi connectivity index (χ0n) is 10.2. The Bertz CT molecular complexity index is 393. The number of hydrogen-bond acceptors (Lipinski definition) is 5. The van der Waals surface area contributed by atoms with Crippen molar-refractivity contribution in [2.24, 2.45) is 11.1 Å². The van der Waals surface area contributed by atoms with Crippen LogP contribution in [0.15, 0.2) is 0 Å². The third-order valence-corrected chi connectivity index (χ3v) is 4.16. The van der Waals surface area contributed by atoms with Crippen molar-refractivity contribution in [3.05, 3.63) is 0 Å². The van der Waals surface area contributed by atoms with Crippen LogP contribution in [0.25, 0.3) is 0 Å². The molecule has 2 atom stereocenters. The van der Waals surface area contributed by atoms with Gasteiger partial charge in [-0.05, 0) is 18.8 Å². The molecule has 1 amide bonds. The molecule has 4 N–H and O–H groups in total.